The van der Waals surface area contributed by atoms with Crippen molar-refractivity contribution in [2.24, 2.45) is 5.92 Å². The highest BCUT2D eigenvalue weighted by atomic mass is 16.6. The Morgan fingerprint density at radius 2 is 1.82 bits per heavy atom. The van der Waals surface area contributed by atoms with Crippen molar-refractivity contribution < 1.29 is 38.7 Å². The van der Waals surface area contributed by atoms with Crippen molar-refractivity contribution in [1.82, 2.24) is 9.80 Å². The van der Waals surface area contributed by atoms with Crippen molar-refractivity contribution in [3.8, 4) is 17.2 Å². The lowest BCUT2D eigenvalue weighted by Crippen LogP contribution is -2.69. The van der Waals surface area contributed by atoms with E-state index in [4.69, 9.17) is 18.9 Å². The average molecular weight is 477 g/mol. The third-order valence-corrected chi connectivity index (χ3v) is 7.52. The standard InChI is InChI=1S/C24H32N2O8/c1-10-19(31-5)11-7-13-17-12-8-14(26(17)23(30)34-24(2,3)4)21(28)25(13)15(9-33-22(12)29)16(11)18(27)20(10)32-6/h12-15,17,22,27,29H,7-9H2,1-6H3/t12-,13+,14+,15+,17-,22?/m1/s1. The molecule has 34 heavy (non-hydrogen) atoms. The van der Waals surface area contributed by atoms with E-state index in [-0.39, 0.29) is 30.4 Å². The molecule has 3 fully saturated rings. The summed E-state index contributed by atoms with van der Waals surface area (Å²) in [6.45, 7) is 7.14. The first kappa shape index (κ1) is 23.0. The van der Waals surface area contributed by atoms with Crippen LogP contribution in [0.2, 0.25) is 0 Å². The van der Waals surface area contributed by atoms with E-state index in [2.05, 4.69) is 0 Å². The number of ether oxygens (including phenoxy) is 4. The predicted octanol–water partition coefficient (Wildman–Crippen LogP) is 1.87. The quantitative estimate of drug-likeness (QED) is 0.664. The van der Waals surface area contributed by atoms with Gasteiger partial charge in [0, 0.05) is 22.6 Å². The van der Waals surface area contributed by atoms with Crippen molar-refractivity contribution in [2.45, 2.75) is 76.6 Å². The predicted molar refractivity (Wildman–Crippen MR) is 119 cm³/mol. The van der Waals surface area contributed by atoms with Gasteiger partial charge in [0.15, 0.2) is 17.8 Å². The summed E-state index contributed by atoms with van der Waals surface area (Å²) in [6, 6.07) is -2.36. The van der Waals surface area contributed by atoms with Crippen molar-refractivity contribution in [3.05, 3.63) is 16.7 Å². The number of aliphatic hydroxyl groups excluding tert-OH is 1. The third-order valence-electron chi connectivity index (χ3n) is 7.52. The average Bonchev–Trinajstić information content (AvgIpc) is 3.11. The van der Waals surface area contributed by atoms with E-state index in [1.165, 1.54) is 12.0 Å². The van der Waals surface area contributed by atoms with E-state index < -0.39 is 48.1 Å². The van der Waals surface area contributed by atoms with Crippen LogP contribution in [0.25, 0.3) is 0 Å². The molecule has 5 bridgehead atoms. The van der Waals surface area contributed by atoms with Crippen LogP contribution in [-0.4, -0.2) is 82.9 Å². The van der Waals surface area contributed by atoms with Crippen LogP contribution in [0, 0.1) is 12.8 Å². The van der Waals surface area contributed by atoms with E-state index in [0.29, 0.717) is 23.3 Å². The molecule has 10 nitrogen and oxygen atoms in total. The lowest BCUT2D eigenvalue weighted by molar-refractivity contribution is -0.187. The van der Waals surface area contributed by atoms with Gasteiger partial charge in [0.05, 0.1) is 39.0 Å². The first-order valence-electron chi connectivity index (χ1n) is 11.6. The maximum Gasteiger partial charge on any atom is 0.411 e. The molecule has 0 aliphatic carbocycles. The van der Waals surface area contributed by atoms with Crippen molar-refractivity contribution in [2.75, 3.05) is 20.8 Å². The normalized spacial score (nSPS) is 31.7. The number of phenols is 1. The number of hydrogen-bond acceptors (Lipinski definition) is 8. The molecule has 0 radical (unpaired) electrons. The van der Waals surface area contributed by atoms with Gasteiger partial charge < -0.3 is 34.1 Å². The first-order valence-corrected chi connectivity index (χ1v) is 11.6. The number of nitrogens with zero attached hydrogens (tertiary/aromatic N) is 2. The second-order valence-electron chi connectivity index (χ2n) is 10.5. The van der Waals surface area contributed by atoms with Crippen LogP contribution >= 0.6 is 0 Å². The summed E-state index contributed by atoms with van der Waals surface area (Å²) in [4.78, 5) is 30.3. The number of fused-ring (bicyclic) bond motifs is 3. The van der Waals surface area contributed by atoms with Crippen LogP contribution < -0.4 is 9.47 Å². The van der Waals surface area contributed by atoms with Crippen molar-refractivity contribution in [1.29, 1.82) is 0 Å². The van der Waals surface area contributed by atoms with Gasteiger partial charge >= 0.3 is 6.09 Å². The second-order valence-corrected chi connectivity index (χ2v) is 10.5. The van der Waals surface area contributed by atoms with E-state index in [9.17, 15) is 19.8 Å². The number of phenolic OH excluding ortho intramolecular Hbond substituents is 1. The summed E-state index contributed by atoms with van der Waals surface area (Å²) in [5, 5.41) is 22.1. The maximum atomic E-state index is 13.8. The number of aliphatic hydroxyl groups is 1. The molecular formula is C24H32N2O8. The Bertz CT molecular complexity index is 1050. The zero-order valence-electron chi connectivity index (χ0n) is 20.3. The largest absolute Gasteiger partial charge is 0.504 e. The van der Waals surface area contributed by atoms with Gasteiger partial charge in [-0.25, -0.2) is 4.79 Å². The zero-order chi connectivity index (χ0) is 24.7. The number of benzene rings is 1. The fraction of sp³-hybridized carbons (Fsp3) is 0.667. The van der Waals surface area contributed by atoms with E-state index >= 15 is 0 Å². The lowest BCUT2D eigenvalue weighted by Gasteiger charge is -2.54. The molecule has 1 aromatic rings. The molecule has 4 heterocycles. The molecule has 0 aromatic heterocycles. The Kier molecular flexibility index (Phi) is 5.18. The molecule has 6 atom stereocenters. The molecule has 1 aromatic carbocycles. The molecule has 0 spiro atoms. The zero-order valence-corrected chi connectivity index (χ0v) is 20.3. The Hall–Kier alpha value is -2.72. The van der Waals surface area contributed by atoms with E-state index in [0.717, 1.165) is 5.56 Å². The Morgan fingerprint density at radius 3 is 2.44 bits per heavy atom. The van der Waals surface area contributed by atoms with E-state index in [1.54, 1.807) is 39.7 Å². The number of methoxy groups -OCH3 is 2. The van der Waals surface area contributed by atoms with Gasteiger partial charge in [-0.3, -0.25) is 9.69 Å². The Morgan fingerprint density at radius 1 is 1.15 bits per heavy atom. The van der Waals surface area contributed by atoms with Gasteiger partial charge in [-0.15, -0.1) is 0 Å². The molecule has 5 rings (SSSR count). The fourth-order valence-corrected chi connectivity index (χ4v) is 6.38. The highest BCUT2D eigenvalue weighted by molar-refractivity contribution is 5.90. The van der Waals surface area contributed by atoms with E-state index in [1.807, 2.05) is 0 Å². The highest BCUT2D eigenvalue weighted by Gasteiger charge is 2.64. The topological polar surface area (TPSA) is 118 Å². The summed E-state index contributed by atoms with van der Waals surface area (Å²) in [5.74, 6) is 0.101. The van der Waals surface area contributed by atoms with Gasteiger partial charge in [0.25, 0.3) is 0 Å². The minimum absolute atomic E-state index is 0.00170. The smallest absolute Gasteiger partial charge is 0.411 e. The highest BCUT2D eigenvalue weighted by Crippen LogP contribution is 2.55. The Balaban J connectivity index is 1.69. The van der Waals surface area contributed by atoms with Gasteiger partial charge in [0.1, 0.15) is 17.4 Å². The van der Waals surface area contributed by atoms with Crippen LogP contribution in [-0.2, 0) is 20.7 Å². The third kappa shape index (κ3) is 3.07. The van der Waals surface area contributed by atoms with Gasteiger partial charge in [-0.1, -0.05) is 0 Å². The van der Waals surface area contributed by atoms with Crippen molar-refractivity contribution >= 4 is 12.0 Å². The minimum Gasteiger partial charge on any atom is -0.504 e. The SMILES string of the molecule is COc1c(C)c(OC)c2c(c1O)[C@@H]1COC(O)[C@@H]3C[C@H]4C(=O)N1[C@@H](C2)[C@@H]3N4C(=O)OC(C)(C)C. The molecule has 0 saturated carbocycles. The summed E-state index contributed by atoms with van der Waals surface area (Å²) in [6.07, 6.45) is -1.10. The summed E-state index contributed by atoms with van der Waals surface area (Å²) in [7, 11) is 3.02. The fourth-order valence-electron chi connectivity index (χ4n) is 6.38. The monoisotopic (exact) mass is 476 g/mol. The number of amides is 2. The van der Waals surface area contributed by atoms with Crippen LogP contribution in [0.3, 0.4) is 0 Å². The lowest BCUT2D eigenvalue weighted by atomic mass is 9.79. The molecule has 4 aliphatic heterocycles. The maximum absolute atomic E-state index is 13.8. The first-order chi connectivity index (χ1) is 16.0. The van der Waals surface area contributed by atoms with Gasteiger partial charge in [-0.05, 0) is 40.5 Å². The second kappa shape index (κ2) is 7.64. The van der Waals surface area contributed by atoms with Crippen LogP contribution in [0.4, 0.5) is 4.79 Å². The molecule has 10 heteroatoms. The van der Waals surface area contributed by atoms with Crippen LogP contribution in [0.15, 0.2) is 0 Å². The molecule has 2 N–H and O–H groups in total. The molecule has 1 unspecified atom stereocenters. The molecule has 4 aliphatic rings. The number of carbonyl (C=O) groups excluding carboxylic acids is 2. The molecular weight excluding hydrogens is 444 g/mol. The van der Waals surface area contributed by atoms with Gasteiger partial charge in [0.2, 0.25) is 5.91 Å². The summed E-state index contributed by atoms with van der Waals surface area (Å²) < 4.78 is 22.7. The van der Waals surface area contributed by atoms with Crippen molar-refractivity contribution in [3.63, 3.8) is 0 Å². The molecule has 2 amide bonds. The number of piperazine rings is 1. The summed E-state index contributed by atoms with van der Waals surface area (Å²) >= 11 is 0. The molecule has 3 saturated heterocycles. The number of rotatable bonds is 2. The minimum atomic E-state index is -1.16. The number of carbonyl (C=O) groups is 2. The van der Waals surface area contributed by atoms with Gasteiger partial charge in [-0.2, -0.15) is 0 Å². The Labute approximate surface area is 198 Å². The van der Waals surface area contributed by atoms with Crippen LogP contribution in [0.1, 0.15) is 49.9 Å². The summed E-state index contributed by atoms with van der Waals surface area (Å²) in [5.41, 5.74) is 1.17. The van der Waals surface area contributed by atoms with Crippen LogP contribution in [0.5, 0.6) is 17.2 Å². The molecule has 186 valence electrons. The number of aromatic hydroxyl groups is 1. The number of hydrogen-bond donors (Lipinski definition) is 2.